The van der Waals surface area contributed by atoms with Crippen LogP contribution >= 0.6 is 11.3 Å². The molecule has 1 fully saturated rings. The van der Waals surface area contributed by atoms with Crippen molar-refractivity contribution >= 4 is 17.2 Å². The fraction of sp³-hybridized carbons (Fsp3) is 0.500. The van der Waals surface area contributed by atoms with Crippen LogP contribution in [0.25, 0.3) is 0 Å². The van der Waals surface area contributed by atoms with Gasteiger partial charge in [0.25, 0.3) is 0 Å². The average Bonchev–Trinajstić information content (AvgIpc) is 3.09. The van der Waals surface area contributed by atoms with Crippen molar-refractivity contribution < 1.29 is 4.79 Å². The van der Waals surface area contributed by atoms with E-state index in [2.05, 4.69) is 57.7 Å². The number of piperidine rings is 1. The van der Waals surface area contributed by atoms with Crippen molar-refractivity contribution in [3.05, 3.63) is 45.9 Å². The number of carbonyl (C=O) groups is 1. The molecule has 1 amide bonds. The van der Waals surface area contributed by atoms with Gasteiger partial charge in [-0.05, 0) is 37.3 Å². The van der Waals surface area contributed by atoms with E-state index in [1.165, 1.54) is 12.0 Å². The van der Waals surface area contributed by atoms with Crippen LogP contribution in [0.15, 0.2) is 30.3 Å². The predicted octanol–water partition coefficient (Wildman–Crippen LogP) is 2.60. The zero-order valence-corrected chi connectivity index (χ0v) is 14.9. The Labute approximate surface area is 147 Å². The van der Waals surface area contributed by atoms with E-state index in [-0.39, 0.29) is 5.91 Å². The number of hydrogen-bond acceptors (Lipinski definition) is 5. The Balaban J connectivity index is 1.47. The maximum Gasteiger partial charge on any atom is 0.234 e. The molecule has 0 spiro atoms. The highest BCUT2D eigenvalue weighted by Gasteiger charge is 2.22. The fourth-order valence-corrected chi connectivity index (χ4v) is 3.86. The van der Waals surface area contributed by atoms with Crippen molar-refractivity contribution in [3.63, 3.8) is 0 Å². The standard InChI is InChI=1S/C18H24N4OS/c1-2-17-20-21-18(24-17)11-19-16(23)13-22-10-6-9-15(12-22)14-7-4-3-5-8-14/h3-5,7-8,15H,2,6,9-13H2,1H3,(H,19,23). The highest BCUT2D eigenvalue weighted by molar-refractivity contribution is 7.11. The number of nitrogens with one attached hydrogen (secondary N) is 1. The molecule has 24 heavy (non-hydrogen) atoms. The van der Waals surface area contributed by atoms with E-state index >= 15 is 0 Å². The molecular weight excluding hydrogens is 320 g/mol. The summed E-state index contributed by atoms with van der Waals surface area (Å²) in [6.07, 6.45) is 3.23. The molecular formula is C18H24N4OS. The molecule has 0 bridgehead atoms. The summed E-state index contributed by atoms with van der Waals surface area (Å²) in [5, 5.41) is 13.0. The third-order valence-electron chi connectivity index (χ3n) is 4.39. The van der Waals surface area contributed by atoms with Crippen molar-refractivity contribution in [1.29, 1.82) is 0 Å². The molecule has 5 nitrogen and oxygen atoms in total. The summed E-state index contributed by atoms with van der Waals surface area (Å²) in [6.45, 7) is 4.95. The van der Waals surface area contributed by atoms with E-state index < -0.39 is 0 Å². The maximum atomic E-state index is 12.2. The zero-order chi connectivity index (χ0) is 16.8. The summed E-state index contributed by atoms with van der Waals surface area (Å²) in [6, 6.07) is 10.6. The summed E-state index contributed by atoms with van der Waals surface area (Å²) >= 11 is 1.57. The van der Waals surface area contributed by atoms with Gasteiger partial charge in [0.1, 0.15) is 10.0 Å². The molecule has 1 aliphatic rings. The lowest BCUT2D eigenvalue weighted by molar-refractivity contribution is -0.122. The third kappa shape index (κ3) is 4.61. The molecule has 128 valence electrons. The highest BCUT2D eigenvalue weighted by atomic mass is 32.1. The van der Waals surface area contributed by atoms with Crippen LogP contribution in [0.3, 0.4) is 0 Å². The normalized spacial score (nSPS) is 18.5. The Hall–Kier alpha value is -1.79. The summed E-state index contributed by atoms with van der Waals surface area (Å²) < 4.78 is 0. The van der Waals surface area contributed by atoms with Crippen molar-refractivity contribution in [3.8, 4) is 0 Å². The van der Waals surface area contributed by atoms with Gasteiger partial charge in [-0.25, -0.2) is 0 Å². The predicted molar refractivity (Wildman–Crippen MR) is 96.0 cm³/mol. The molecule has 3 rings (SSSR count). The van der Waals surface area contributed by atoms with Gasteiger partial charge in [-0.1, -0.05) is 48.6 Å². The Bertz CT molecular complexity index is 658. The molecule has 6 heteroatoms. The molecule has 1 aromatic heterocycles. The Morgan fingerprint density at radius 1 is 1.29 bits per heavy atom. The van der Waals surface area contributed by atoms with Crippen LogP contribution in [0.4, 0.5) is 0 Å². The maximum absolute atomic E-state index is 12.2. The first kappa shape index (κ1) is 17.0. The minimum atomic E-state index is 0.0666. The monoisotopic (exact) mass is 344 g/mol. The second-order valence-corrected chi connectivity index (χ2v) is 7.35. The topological polar surface area (TPSA) is 58.1 Å². The minimum absolute atomic E-state index is 0.0666. The number of carbonyl (C=O) groups excluding carboxylic acids is 1. The number of benzene rings is 1. The molecule has 2 aromatic rings. The molecule has 0 radical (unpaired) electrons. The first-order valence-electron chi connectivity index (χ1n) is 8.60. The number of nitrogens with zero attached hydrogens (tertiary/aromatic N) is 3. The van der Waals surface area contributed by atoms with Gasteiger partial charge in [0, 0.05) is 6.54 Å². The molecule has 1 aliphatic heterocycles. The number of likely N-dealkylation sites (tertiary alicyclic amines) is 1. The second-order valence-electron chi connectivity index (χ2n) is 6.20. The third-order valence-corrected chi connectivity index (χ3v) is 5.46. The largest absolute Gasteiger partial charge is 0.348 e. The smallest absolute Gasteiger partial charge is 0.234 e. The van der Waals surface area contributed by atoms with E-state index in [1.54, 1.807) is 11.3 Å². The number of aryl methyl sites for hydroxylation is 1. The number of hydrogen-bond donors (Lipinski definition) is 1. The van der Waals surface area contributed by atoms with Gasteiger partial charge in [0.2, 0.25) is 5.91 Å². The SMILES string of the molecule is CCc1nnc(CNC(=O)CN2CCCC(c3ccccc3)C2)s1. The van der Waals surface area contributed by atoms with Gasteiger partial charge >= 0.3 is 0 Å². The van der Waals surface area contributed by atoms with Crippen LogP contribution in [0.2, 0.25) is 0 Å². The minimum Gasteiger partial charge on any atom is -0.348 e. The molecule has 1 atom stereocenters. The fourth-order valence-electron chi connectivity index (χ4n) is 3.13. The molecule has 0 aliphatic carbocycles. The lowest BCUT2D eigenvalue weighted by Gasteiger charge is -2.32. The summed E-state index contributed by atoms with van der Waals surface area (Å²) in [5.41, 5.74) is 1.38. The number of amides is 1. The lowest BCUT2D eigenvalue weighted by atomic mass is 9.91. The molecule has 2 heterocycles. The Morgan fingerprint density at radius 2 is 2.08 bits per heavy atom. The summed E-state index contributed by atoms with van der Waals surface area (Å²) in [4.78, 5) is 14.5. The van der Waals surface area contributed by atoms with E-state index in [0.717, 1.165) is 35.9 Å². The van der Waals surface area contributed by atoms with Crippen LogP contribution in [-0.4, -0.2) is 40.6 Å². The van der Waals surface area contributed by atoms with Crippen LogP contribution in [0.5, 0.6) is 0 Å². The van der Waals surface area contributed by atoms with Crippen LogP contribution in [0.1, 0.15) is 41.3 Å². The van der Waals surface area contributed by atoms with Gasteiger partial charge in [0.05, 0.1) is 13.1 Å². The van der Waals surface area contributed by atoms with Gasteiger partial charge < -0.3 is 5.32 Å². The Morgan fingerprint density at radius 3 is 2.83 bits per heavy atom. The van der Waals surface area contributed by atoms with Crippen LogP contribution in [-0.2, 0) is 17.8 Å². The van der Waals surface area contributed by atoms with Gasteiger partial charge in [-0.3, -0.25) is 9.69 Å². The van der Waals surface area contributed by atoms with Crippen LogP contribution < -0.4 is 5.32 Å². The molecule has 0 saturated carbocycles. The van der Waals surface area contributed by atoms with Crippen molar-refractivity contribution in [2.24, 2.45) is 0 Å². The van der Waals surface area contributed by atoms with Gasteiger partial charge in [0.15, 0.2) is 0 Å². The van der Waals surface area contributed by atoms with E-state index in [1.807, 2.05) is 0 Å². The van der Waals surface area contributed by atoms with Crippen molar-refractivity contribution in [1.82, 2.24) is 20.4 Å². The van der Waals surface area contributed by atoms with Crippen LogP contribution in [0, 0.1) is 0 Å². The number of rotatable bonds is 6. The van der Waals surface area contributed by atoms with Crippen molar-refractivity contribution in [2.75, 3.05) is 19.6 Å². The first-order chi connectivity index (χ1) is 11.7. The molecule has 1 N–H and O–H groups in total. The summed E-state index contributed by atoms with van der Waals surface area (Å²) in [5.74, 6) is 0.597. The van der Waals surface area contributed by atoms with E-state index in [4.69, 9.17) is 0 Å². The van der Waals surface area contributed by atoms with E-state index in [9.17, 15) is 4.79 Å². The molecule has 1 aromatic carbocycles. The van der Waals surface area contributed by atoms with Gasteiger partial charge in [-0.2, -0.15) is 0 Å². The average molecular weight is 344 g/mol. The highest BCUT2D eigenvalue weighted by Crippen LogP contribution is 2.26. The Kier molecular flexibility index (Phi) is 5.93. The summed E-state index contributed by atoms with van der Waals surface area (Å²) in [7, 11) is 0. The molecule has 1 unspecified atom stereocenters. The molecule has 1 saturated heterocycles. The lowest BCUT2D eigenvalue weighted by Crippen LogP contribution is -2.41. The zero-order valence-electron chi connectivity index (χ0n) is 14.1. The van der Waals surface area contributed by atoms with Gasteiger partial charge in [-0.15, -0.1) is 10.2 Å². The second kappa shape index (κ2) is 8.35. The van der Waals surface area contributed by atoms with E-state index in [0.29, 0.717) is 19.0 Å². The quantitative estimate of drug-likeness (QED) is 0.875. The van der Waals surface area contributed by atoms with Crippen molar-refractivity contribution in [2.45, 2.75) is 38.6 Å². The number of aromatic nitrogens is 2. The first-order valence-corrected chi connectivity index (χ1v) is 9.41.